The summed E-state index contributed by atoms with van der Waals surface area (Å²) in [5.41, 5.74) is 5.85. The van der Waals surface area contributed by atoms with Gasteiger partial charge in [-0.2, -0.15) is 0 Å². The number of aliphatic hydroxyl groups is 2. The van der Waals surface area contributed by atoms with E-state index in [1.54, 1.807) is 36.9 Å². The van der Waals surface area contributed by atoms with Crippen molar-refractivity contribution in [1.29, 1.82) is 0 Å². The minimum absolute atomic E-state index is 0.0432. The number of anilines is 2. The van der Waals surface area contributed by atoms with Crippen molar-refractivity contribution < 1.29 is 19.8 Å². The second-order valence-corrected chi connectivity index (χ2v) is 21.4. The maximum absolute atomic E-state index is 12.8. The van der Waals surface area contributed by atoms with Crippen LogP contribution in [0.4, 0.5) is 11.6 Å². The monoisotopic (exact) mass is 900 g/mol. The number of carbonyl (C=O) groups excluding carboxylic acids is 2. The second kappa shape index (κ2) is 19.0. The molecule has 14 rings (SSSR count). The van der Waals surface area contributed by atoms with Gasteiger partial charge >= 0.3 is 0 Å². The number of hydrogen-bond acceptors (Lipinski definition) is 11. The van der Waals surface area contributed by atoms with Crippen LogP contribution in [0.15, 0.2) is 73.3 Å². The lowest BCUT2D eigenvalue weighted by Crippen LogP contribution is -2.53. The van der Waals surface area contributed by atoms with Crippen LogP contribution in [0.2, 0.25) is 0 Å². The fourth-order valence-corrected chi connectivity index (χ4v) is 14.6. The highest BCUT2D eigenvalue weighted by Crippen LogP contribution is 2.62. The van der Waals surface area contributed by atoms with Crippen LogP contribution in [-0.4, -0.2) is 84.6 Å². The number of benzene rings is 2. The van der Waals surface area contributed by atoms with E-state index in [-0.39, 0.29) is 28.9 Å². The summed E-state index contributed by atoms with van der Waals surface area (Å²) < 4.78 is 0. The Hall–Kier alpha value is -4.49. The minimum Gasteiger partial charge on any atom is -0.391 e. The number of halogens is 1. The zero-order valence-electron chi connectivity index (χ0n) is 37.5. The largest absolute Gasteiger partial charge is 0.391 e. The Kier molecular flexibility index (Phi) is 13.0. The summed E-state index contributed by atoms with van der Waals surface area (Å²) in [4.78, 5) is 42.9. The number of aliphatic hydroxyl groups excluding tert-OH is 2. The molecule has 0 radical (unpaired) electrons. The molecule has 2 unspecified atom stereocenters. The number of hydrogen-bond donors (Lipinski definition) is 5. The van der Waals surface area contributed by atoms with Gasteiger partial charge in [0.15, 0.2) is 0 Å². The van der Waals surface area contributed by atoms with Crippen molar-refractivity contribution in [3.8, 4) is 0 Å². The van der Waals surface area contributed by atoms with E-state index in [0.29, 0.717) is 37.3 Å². The smallest absolute Gasteiger partial charge is 0.254 e. The van der Waals surface area contributed by atoms with E-state index in [1.165, 1.54) is 82.6 Å². The van der Waals surface area contributed by atoms with Crippen LogP contribution in [0.5, 0.6) is 0 Å². The molecule has 344 valence electrons. The van der Waals surface area contributed by atoms with Crippen molar-refractivity contribution in [3.05, 3.63) is 107 Å². The Labute approximate surface area is 388 Å². The molecule has 12 nitrogen and oxygen atoms in total. The van der Waals surface area contributed by atoms with Gasteiger partial charge in [-0.05, 0) is 167 Å². The van der Waals surface area contributed by atoms with Gasteiger partial charge in [0.2, 0.25) is 0 Å². The van der Waals surface area contributed by atoms with Crippen molar-refractivity contribution in [2.45, 2.75) is 115 Å². The van der Waals surface area contributed by atoms with E-state index < -0.39 is 5.24 Å². The van der Waals surface area contributed by atoms with Crippen LogP contribution < -0.4 is 16.0 Å². The molecule has 8 aliphatic carbocycles. The molecule has 4 aromatic rings. The molecule has 13 heteroatoms. The van der Waals surface area contributed by atoms with Gasteiger partial charge < -0.3 is 31.1 Å². The summed E-state index contributed by atoms with van der Waals surface area (Å²) in [5, 5.41) is 32.2. The minimum atomic E-state index is -0.407. The van der Waals surface area contributed by atoms with E-state index in [2.05, 4.69) is 35.9 Å². The van der Waals surface area contributed by atoms with Crippen LogP contribution in [-0.2, 0) is 25.9 Å². The predicted octanol–water partition coefficient (Wildman–Crippen LogP) is 7.84. The van der Waals surface area contributed by atoms with Crippen LogP contribution in [0, 0.1) is 46.3 Å². The quantitative estimate of drug-likeness (QED) is 0.0986. The van der Waals surface area contributed by atoms with E-state index in [0.717, 1.165) is 90.0 Å². The molecule has 2 aliphatic heterocycles. The summed E-state index contributed by atoms with van der Waals surface area (Å²) in [6.07, 6.45) is 20.1. The maximum Gasteiger partial charge on any atom is 0.254 e. The van der Waals surface area contributed by atoms with E-state index >= 15 is 0 Å². The molecular weight excluding hydrogens is 836 g/mol. The van der Waals surface area contributed by atoms with Gasteiger partial charge in [0.05, 0.1) is 30.1 Å². The number of fused-ring (bicyclic) bond motifs is 2. The van der Waals surface area contributed by atoms with Crippen molar-refractivity contribution >= 4 is 34.4 Å². The summed E-state index contributed by atoms with van der Waals surface area (Å²) in [5.74, 6) is 6.93. The normalized spacial score (nSPS) is 30.7. The van der Waals surface area contributed by atoms with Crippen LogP contribution in [0.1, 0.15) is 120 Å². The van der Waals surface area contributed by atoms with Gasteiger partial charge in [0.1, 0.15) is 24.3 Å². The van der Waals surface area contributed by atoms with E-state index in [4.69, 9.17) is 11.6 Å². The van der Waals surface area contributed by atoms with Crippen molar-refractivity contribution in [2.24, 2.45) is 46.3 Å². The Morgan fingerprint density at radius 2 is 1.09 bits per heavy atom. The topological polar surface area (TPSA) is 165 Å². The molecule has 8 saturated carbocycles. The maximum atomic E-state index is 12.8. The van der Waals surface area contributed by atoms with Crippen molar-refractivity contribution in [2.75, 3.05) is 36.8 Å². The standard InChI is InChI=1S/C26H32N4O2.C19H28N4O.C7H5ClO/c31-23(26-11-17-8-18(12-26)10-19(9-17)13-26)14-27-24-21-6-7-30(15-22(21)28-16-29-24)25(32)20-4-2-1-3-5-20;24-17(19-6-12-3-13(7-19)5-14(4-12)8-19)10-21-18-15-1-2-20-9-16(15)22-11-23-18;8-7(9)6-4-2-1-3-5-6/h1-5,16-19,23,31H,6-15H2,(H,27,28,29);11-14,17,20,24H,1-10H2,(H,21,22,23);1-5H. The number of carbonyl (C=O) groups is 2. The lowest BCUT2D eigenvalue weighted by molar-refractivity contribution is -0.115. The van der Waals surface area contributed by atoms with Gasteiger partial charge in [-0.3, -0.25) is 9.59 Å². The fourth-order valence-electron chi connectivity index (χ4n) is 14.4. The Morgan fingerprint density at radius 3 is 1.55 bits per heavy atom. The highest BCUT2D eigenvalue weighted by Gasteiger charge is 2.55. The number of amides is 1. The Balaban J connectivity index is 0.000000132. The van der Waals surface area contributed by atoms with Gasteiger partial charge in [-0.25, -0.2) is 19.9 Å². The highest BCUT2D eigenvalue weighted by atomic mass is 35.5. The number of aromatic nitrogens is 4. The van der Waals surface area contributed by atoms with E-state index in [1.807, 2.05) is 41.3 Å². The predicted molar refractivity (Wildman–Crippen MR) is 251 cm³/mol. The van der Waals surface area contributed by atoms with Gasteiger partial charge in [-0.1, -0.05) is 48.5 Å². The van der Waals surface area contributed by atoms with Crippen molar-refractivity contribution in [1.82, 2.24) is 30.2 Å². The molecule has 8 bridgehead atoms. The van der Waals surface area contributed by atoms with Crippen LogP contribution in [0.25, 0.3) is 0 Å². The molecule has 0 spiro atoms. The Bertz CT molecular complexity index is 2240. The SMILES string of the molecule is O=C(Cl)c1ccccc1.O=C(c1ccccc1)N1CCc2c(ncnc2NCC(O)C23CC4CC(CC(C4)C2)C3)C1.OC(CNc1ncnc2c1CCNC2)C12CC3CC(CC(C3)C1)C2. The molecule has 0 saturated heterocycles. The third-order valence-electron chi connectivity index (χ3n) is 16.7. The first-order valence-electron chi connectivity index (χ1n) is 24.4. The van der Waals surface area contributed by atoms with Crippen LogP contribution in [0.3, 0.4) is 0 Å². The summed E-state index contributed by atoms with van der Waals surface area (Å²) >= 11 is 5.16. The first kappa shape index (κ1) is 44.4. The van der Waals surface area contributed by atoms with Crippen LogP contribution >= 0.6 is 11.6 Å². The molecule has 5 N–H and O–H groups in total. The molecular formula is C52H65ClN8O4. The zero-order valence-corrected chi connectivity index (χ0v) is 38.3. The summed E-state index contributed by atoms with van der Waals surface area (Å²) in [7, 11) is 0. The third-order valence-corrected chi connectivity index (χ3v) is 16.9. The molecule has 2 aromatic carbocycles. The number of rotatable bonds is 10. The first-order chi connectivity index (χ1) is 31.6. The molecule has 65 heavy (non-hydrogen) atoms. The first-order valence-corrected chi connectivity index (χ1v) is 24.8. The third kappa shape index (κ3) is 9.56. The summed E-state index contributed by atoms with van der Waals surface area (Å²) in [6.45, 7) is 4.13. The molecule has 2 aromatic heterocycles. The van der Waals surface area contributed by atoms with Gasteiger partial charge in [0, 0.05) is 48.4 Å². The van der Waals surface area contributed by atoms with Crippen molar-refractivity contribution in [3.63, 3.8) is 0 Å². The summed E-state index contributed by atoms with van der Waals surface area (Å²) in [6, 6.07) is 18.2. The average Bonchev–Trinajstić information content (AvgIpc) is 3.32. The Morgan fingerprint density at radius 1 is 0.646 bits per heavy atom. The molecule has 4 heterocycles. The fraction of sp³-hybridized carbons (Fsp3) is 0.577. The number of nitrogens with zero attached hydrogens (tertiary/aromatic N) is 5. The highest BCUT2D eigenvalue weighted by molar-refractivity contribution is 6.67. The molecule has 2 atom stereocenters. The molecule has 8 fully saturated rings. The number of nitrogens with one attached hydrogen (secondary N) is 3. The molecule has 10 aliphatic rings. The molecule has 1 amide bonds. The lowest BCUT2D eigenvalue weighted by atomic mass is 9.48. The lowest BCUT2D eigenvalue weighted by Gasteiger charge is -2.58. The zero-order chi connectivity index (χ0) is 44.5. The average molecular weight is 902 g/mol. The van der Waals surface area contributed by atoms with Gasteiger partial charge in [-0.15, -0.1) is 0 Å². The second-order valence-electron chi connectivity index (χ2n) is 21.1. The van der Waals surface area contributed by atoms with E-state index in [9.17, 15) is 19.8 Å². The van der Waals surface area contributed by atoms with Gasteiger partial charge in [0.25, 0.3) is 11.1 Å².